The number of sulfonamides is 1. The van der Waals surface area contributed by atoms with Gasteiger partial charge in [-0.1, -0.05) is 0 Å². The fourth-order valence-corrected chi connectivity index (χ4v) is 4.70. The Bertz CT molecular complexity index is 861. The lowest BCUT2D eigenvalue weighted by molar-refractivity contribution is -0.139. The average Bonchev–Trinajstić information content (AvgIpc) is 2.59. The van der Waals surface area contributed by atoms with Gasteiger partial charge in [0, 0.05) is 18.7 Å². The summed E-state index contributed by atoms with van der Waals surface area (Å²) in [6, 6.07) is 5.42. The molecule has 0 spiro atoms. The predicted molar refractivity (Wildman–Crippen MR) is 94.5 cm³/mol. The first-order valence-electron chi connectivity index (χ1n) is 8.63. The Morgan fingerprint density at radius 1 is 1.22 bits per heavy atom. The summed E-state index contributed by atoms with van der Waals surface area (Å²) in [5.74, 6) is -1.76. The van der Waals surface area contributed by atoms with Crippen LogP contribution in [0.25, 0.3) is 0 Å². The van der Waals surface area contributed by atoms with Crippen molar-refractivity contribution in [1.82, 2.24) is 14.9 Å². The monoisotopic (exact) mass is 395 g/mol. The van der Waals surface area contributed by atoms with Gasteiger partial charge in [0.15, 0.2) is 0 Å². The van der Waals surface area contributed by atoms with E-state index in [2.05, 4.69) is 10.6 Å². The van der Waals surface area contributed by atoms with Gasteiger partial charge in [-0.2, -0.15) is 4.31 Å². The number of nitrogens with zero attached hydrogens (tertiary/aromatic N) is 1. The topological polar surface area (TPSA) is 133 Å². The van der Waals surface area contributed by atoms with Crippen LogP contribution in [0.2, 0.25) is 0 Å². The van der Waals surface area contributed by atoms with Crippen molar-refractivity contribution in [3.05, 3.63) is 29.8 Å². The number of carboxylic acid groups (broad SMARTS) is 1. The smallest absolute Gasteiger partial charge is 0.305 e. The fraction of sp³-hybridized carbons (Fsp3) is 0.471. The largest absolute Gasteiger partial charge is 0.481 e. The van der Waals surface area contributed by atoms with Crippen molar-refractivity contribution < 1.29 is 27.9 Å². The van der Waals surface area contributed by atoms with Crippen LogP contribution >= 0.6 is 0 Å². The fourth-order valence-electron chi connectivity index (χ4n) is 3.30. The number of hydrogen-bond acceptors (Lipinski definition) is 5. The van der Waals surface area contributed by atoms with Gasteiger partial charge in [-0.05, 0) is 43.5 Å². The highest BCUT2D eigenvalue weighted by atomic mass is 32.2. The molecule has 1 saturated carbocycles. The molecule has 3 N–H and O–H groups in total. The van der Waals surface area contributed by atoms with Gasteiger partial charge in [0.1, 0.15) is 0 Å². The number of amides is 2. The van der Waals surface area contributed by atoms with Gasteiger partial charge in [-0.25, -0.2) is 8.42 Å². The van der Waals surface area contributed by atoms with Gasteiger partial charge in [-0.3, -0.25) is 14.4 Å². The maximum absolute atomic E-state index is 12.6. The molecule has 0 radical (unpaired) electrons. The molecule has 0 unspecified atom stereocenters. The van der Waals surface area contributed by atoms with Crippen molar-refractivity contribution in [2.45, 2.75) is 36.1 Å². The standard InChI is InChI=1S/C17H21N3O6S/c21-14-11-20(9-8-18-14)27(25,26)13-4-2-12(3-5-13)16(24)19-17(6-1-7-17)10-15(22)23/h2-5H,1,6-11H2,(H,18,21)(H,19,24)(H,22,23). The number of carboxylic acids is 1. The van der Waals surface area contributed by atoms with E-state index in [1.54, 1.807) is 0 Å². The first-order chi connectivity index (χ1) is 12.7. The number of nitrogens with one attached hydrogen (secondary N) is 2. The third-order valence-corrected chi connectivity index (χ3v) is 6.80. The predicted octanol–water partition coefficient (Wildman–Crippen LogP) is -0.0657. The zero-order valence-electron chi connectivity index (χ0n) is 14.6. The molecule has 1 aromatic carbocycles. The number of carbonyl (C=O) groups is 3. The Morgan fingerprint density at radius 3 is 2.41 bits per heavy atom. The molecule has 1 aliphatic heterocycles. The van der Waals surface area contributed by atoms with Gasteiger partial charge in [0.05, 0.1) is 23.4 Å². The molecular formula is C17H21N3O6S. The second-order valence-electron chi connectivity index (χ2n) is 6.87. The van der Waals surface area contributed by atoms with Gasteiger partial charge >= 0.3 is 5.97 Å². The van der Waals surface area contributed by atoms with Crippen molar-refractivity contribution >= 4 is 27.8 Å². The minimum absolute atomic E-state index is 0.00218. The number of piperazine rings is 1. The van der Waals surface area contributed by atoms with E-state index in [4.69, 9.17) is 5.11 Å². The number of rotatable bonds is 6. The highest BCUT2D eigenvalue weighted by molar-refractivity contribution is 7.89. The summed E-state index contributed by atoms with van der Waals surface area (Å²) in [5.41, 5.74) is -0.476. The lowest BCUT2D eigenvalue weighted by Gasteiger charge is -2.41. The Balaban J connectivity index is 1.72. The number of carbonyl (C=O) groups excluding carboxylic acids is 2. The summed E-state index contributed by atoms with van der Waals surface area (Å²) < 4.78 is 26.3. The summed E-state index contributed by atoms with van der Waals surface area (Å²) in [7, 11) is -3.82. The highest BCUT2D eigenvalue weighted by Gasteiger charge is 2.40. The number of hydrogen-bond donors (Lipinski definition) is 3. The molecular weight excluding hydrogens is 374 g/mol. The van der Waals surface area contributed by atoms with E-state index in [0.29, 0.717) is 12.8 Å². The van der Waals surface area contributed by atoms with Crippen molar-refractivity contribution in [3.63, 3.8) is 0 Å². The summed E-state index contributed by atoms with van der Waals surface area (Å²) in [6.45, 7) is 0.209. The molecule has 2 fully saturated rings. The second kappa shape index (κ2) is 7.28. The Kier molecular flexibility index (Phi) is 5.20. The quantitative estimate of drug-likeness (QED) is 0.618. The Labute approximate surface area is 156 Å². The van der Waals surface area contributed by atoms with E-state index in [0.717, 1.165) is 10.7 Å². The molecule has 0 bridgehead atoms. The maximum Gasteiger partial charge on any atom is 0.305 e. The maximum atomic E-state index is 12.6. The molecule has 1 aliphatic carbocycles. The van der Waals surface area contributed by atoms with E-state index in [-0.39, 0.29) is 42.4 Å². The molecule has 9 nitrogen and oxygen atoms in total. The summed E-state index contributed by atoms with van der Waals surface area (Å²) in [6.07, 6.45) is 1.93. The van der Waals surface area contributed by atoms with Crippen LogP contribution in [-0.2, 0) is 19.6 Å². The van der Waals surface area contributed by atoms with Crippen LogP contribution < -0.4 is 10.6 Å². The highest BCUT2D eigenvalue weighted by Crippen LogP contribution is 2.35. The third-order valence-electron chi connectivity index (χ3n) is 4.94. The normalized spacial score (nSPS) is 19.6. The van der Waals surface area contributed by atoms with Crippen LogP contribution in [0.1, 0.15) is 36.0 Å². The molecule has 2 amide bonds. The van der Waals surface area contributed by atoms with E-state index in [1.165, 1.54) is 24.3 Å². The first kappa shape index (κ1) is 19.3. The van der Waals surface area contributed by atoms with Gasteiger partial charge in [0.25, 0.3) is 5.91 Å². The first-order valence-corrected chi connectivity index (χ1v) is 10.1. The molecule has 27 heavy (non-hydrogen) atoms. The Morgan fingerprint density at radius 2 is 1.89 bits per heavy atom. The number of aliphatic carboxylic acids is 1. The van der Waals surface area contributed by atoms with E-state index in [9.17, 15) is 22.8 Å². The zero-order valence-corrected chi connectivity index (χ0v) is 15.4. The van der Waals surface area contributed by atoms with Crippen LogP contribution in [-0.4, -0.2) is 60.8 Å². The van der Waals surface area contributed by atoms with Crippen LogP contribution in [0.15, 0.2) is 29.2 Å². The van der Waals surface area contributed by atoms with Gasteiger partial charge in [-0.15, -0.1) is 0 Å². The SMILES string of the molecule is O=C(O)CC1(NC(=O)c2ccc(S(=O)(=O)N3CCNC(=O)C3)cc2)CCC1. The van der Waals surface area contributed by atoms with Crippen molar-refractivity contribution in [2.24, 2.45) is 0 Å². The molecule has 10 heteroatoms. The van der Waals surface area contributed by atoms with Crippen LogP contribution in [0.4, 0.5) is 0 Å². The molecule has 0 atom stereocenters. The molecule has 1 aromatic rings. The van der Waals surface area contributed by atoms with Crippen molar-refractivity contribution in [1.29, 1.82) is 0 Å². The lowest BCUT2D eigenvalue weighted by Crippen LogP contribution is -2.54. The third kappa shape index (κ3) is 4.11. The molecule has 0 aromatic heterocycles. The van der Waals surface area contributed by atoms with E-state index in [1.807, 2.05) is 0 Å². The van der Waals surface area contributed by atoms with Gasteiger partial charge in [0.2, 0.25) is 15.9 Å². The van der Waals surface area contributed by atoms with Crippen LogP contribution in [0, 0.1) is 0 Å². The lowest BCUT2D eigenvalue weighted by atomic mass is 9.74. The van der Waals surface area contributed by atoms with E-state index >= 15 is 0 Å². The molecule has 1 heterocycles. The number of benzene rings is 1. The van der Waals surface area contributed by atoms with Gasteiger partial charge < -0.3 is 15.7 Å². The minimum atomic E-state index is -3.82. The van der Waals surface area contributed by atoms with Crippen molar-refractivity contribution in [3.8, 4) is 0 Å². The van der Waals surface area contributed by atoms with Crippen LogP contribution in [0.5, 0.6) is 0 Å². The zero-order chi connectivity index (χ0) is 19.7. The Hall–Kier alpha value is -2.46. The molecule has 146 valence electrons. The second-order valence-corrected chi connectivity index (χ2v) is 8.81. The molecule has 3 rings (SSSR count). The minimum Gasteiger partial charge on any atom is -0.481 e. The summed E-state index contributed by atoms with van der Waals surface area (Å²) >= 11 is 0. The van der Waals surface area contributed by atoms with E-state index < -0.39 is 27.4 Å². The molecule has 1 saturated heterocycles. The average molecular weight is 395 g/mol. The summed E-state index contributed by atoms with van der Waals surface area (Å²) in [4.78, 5) is 34.9. The summed E-state index contributed by atoms with van der Waals surface area (Å²) in [5, 5.41) is 14.4. The molecule has 2 aliphatic rings. The van der Waals surface area contributed by atoms with Crippen molar-refractivity contribution in [2.75, 3.05) is 19.6 Å². The van der Waals surface area contributed by atoms with Crippen LogP contribution in [0.3, 0.4) is 0 Å².